The molecule has 0 aliphatic heterocycles. The van der Waals surface area contributed by atoms with E-state index in [2.05, 4.69) is 5.32 Å². The van der Waals surface area contributed by atoms with Crippen molar-refractivity contribution in [3.05, 3.63) is 35.4 Å². The molecule has 0 heterocycles. The molecule has 1 fully saturated rings. The quantitative estimate of drug-likeness (QED) is 0.857. The molecule has 1 saturated carbocycles. The highest BCUT2D eigenvalue weighted by molar-refractivity contribution is 5.79. The fourth-order valence-corrected chi connectivity index (χ4v) is 3.08. The van der Waals surface area contributed by atoms with E-state index in [1.165, 1.54) is 12.1 Å². The molecule has 0 bridgehead atoms. The molecule has 1 unspecified atom stereocenters. The van der Waals surface area contributed by atoms with Gasteiger partial charge in [0, 0.05) is 12.0 Å². The van der Waals surface area contributed by atoms with Crippen LogP contribution in [-0.4, -0.2) is 23.2 Å². The smallest absolute Gasteiger partial charge is 0.393 e. The van der Waals surface area contributed by atoms with Gasteiger partial charge in [0.05, 0.1) is 11.7 Å². The number of hydrogen-bond acceptors (Lipinski definition) is 2. The second-order valence-electron chi connectivity index (χ2n) is 6.52. The molecule has 134 valence electrons. The number of alkyl halides is 3. The second-order valence-corrected chi connectivity index (χ2v) is 6.52. The third-order valence-electron chi connectivity index (χ3n) is 4.67. The van der Waals surface area contributed by atoms with Gasteiger partial charge in [0.25, 0.3) is 0 Å². The second kappa shape index (κ2) is 8.01. The summed E-state index contributed by atoms with van der Waals surface area (Å²) in [5.41, 5.74) is 0.0496. The van der Waals surface area contributed by atoms with Crippen LogP contribution in [0.2, 0.25) is 0 Å². The van der Waals surface area contributed by atoms with Crippen LogP contribution in [0.5, 0.6) is 0 Å². The van der Waals surface area contributed by atoms with E-state index in [1.54, 1.807) is 0 Å². The van der Waals surface area contributed by atoms with Crippen LogP contribution in [0.25, 0.3) is 0 Å². The molecular weight excluding hydrogens is 319 g/mol. The van der Waals surface area contributed by atoms with Gasteiger partial charge in [-0.3, -0.25) is 4.79 Å². The Bertz CT molecular complexity index is 534. The van der Waals surface area contributed by atoms with Gasteiger partial charge in [-0.25, -0.2) is 0 Å². The first-order valence-corrected chi connectivity index (χ1v) is 8.44. The van der Waals surface area contributed by atoms with Gasteiger partial charge >= 0.3 is 6.18 Å². The molecule has 1 aromatic rings. The van der Waals surface area contributed by atoms with Gasteiger partial charge in [0.15, 0.2) is 0 Å². The number of carbonyl (C=O) groups is 1. The predicted octanol–water partition coefficient (Wildman–Crippen LogP) is 3.69. The molecule has 0 spiro atoms. The normalized spacial score (nSPS) is 22.9. The molecule has 0 aromatic heterocycles. The standard InChI is InChI=1S/C18H24F3NO2/c1-2-13(17(24)22-15-7-9-16(23)10-8-15)11-12-3-5-14(6-4-12)18(19,20)21/h3-6,13,15-16,23H,2,7-11H2,1H3,(H,22,24). The SMILES string of the molecule is CCC(Cc1ccc(C(F)(F)F)cc1)C(=O)NC1CCC(O)CC1. The van der Waals surface area contributed by atoms with E-state index in [-0.39, 0.29) is 24.0 Å². The molecule has 1 aliphatic rings. The summed E-state index contributed by atoms with van der Waals surface area (Å²) in [4.78, 5) is 12.4. The molecule has 1 atom stereocenters. The zero-order chi connectivity index (χ0) is 17.7. The van der Waals surface area contributed by atoms with E-state index < -0.39 is 11.7 Å². The first-order valence-electron chi connectivity index (χ1n) is 8.44. The summed E-state index contributed by atoms with van der Waals surface area (Å²) in [6, 6.07) is 5.08. The minimum Gasteiger partial charge on any atom is -0.393 e. The Morgan fingerprint density at radius 2 is 1.79 bits per heavy atom. The summed E-state index contributed by atoms with van der Waals surface area (Å²) in [6.45, 7) is 1.90. The molecule has 0 radical (unpaired) electrons. The average Bonchev–Trinajstić information content (AvgIpc) is 2.54. The Morgan fingerprint density at radius 3 is 2.29 bits per heavy atom. The van der Waals surface area contributed by atoms with Crippen LogP contribution in [0.15, 0.2) is 24.3 Å². The van der Waals surface area contributed by atoms with Gasteiger partial charge in [-0.05, 0) is 56.2 Å². The van der Waals surface area contributed by atoms with Crippen molar-refractivity contribution in [3.8, 4) is 0 Å². The lowest BCUT2D eigenvalue weighted by Gasteiger charge is -2.27. The number of carbonyl (C=O) groups excluding carboxylic acids is 1. The summed E-state index contributed by atoms with van der Waals surface area (Å²) in [7, 11) is 0. The first kappa shape index (κ1) is 18.8. The summed E-state index contributed by atoms with van der Waals surface area (Å²) < 4.78 is 37.7. The van der Waals surface area contributed by atoms with Gasteiger partial charge < -0.3 is 10.4 Å². The lowest BCUT2D eigenvalue weighted by Crippen LogP contribution is -2.42. The molecule has 2 N–H and O–H groups in total. The van der Waals surface area contributed by atoms with E-state index in [0.29, 0.717) is 25.7 Å². The summed E-state index contributed by atoms with van der Waals surface area (Å²) in [5.74, 6) is -0.313. The number of rotatable bonds is 5. The molecule has 0 saturated heterocycles. The summed E-state index contributed by atoms with van der Waals surface area (Å²) in [5, 5.41) is 12.5. The third-order valence-corrected chi connectivity index (χ3v) is 4.67. The van der Waals surface area contributed by atoms with Crippen molar-refractivity contribution in [2.75, 3.05) is 0 Å². The highest BCUT2D eigenvalue weighted by Gasteiger charge is 2.30. The van der Waals surface area contributed by atoms with Crippen LogP contribution >= 0.6 is 0 Å². The number of nitrogens with one attached hydrogen (secondary N) is 1. The topological polar surface area (TPSA) is 49.3 Å². The predicted molar refractivity (Wildman–Crippen MR) is 85.3 cm³/mol. The lowest BCUT2D eigenvalue weighted by molar-refractivity contribution is -0.137. The number of aliphatic hydroxyl groups excluding tert-OH is 1. The Labute approximate surface area is 140 Å². The molecular formula is C18H24F3NO2. The van der Waals surface area contributed by atoms with Crippen LogP contribution in [0.3, 0.4) is 0 Å². The molecule has 1 aliphatic carbocycles. The number of hydrogen-bond donors (Lipinski definition) is 2. The highest BCUT2D eigenvalue weighted by atomic mass is 19.4. The first-order chi connectivity index (χ1) is 11.3. The van der Waals surface area contributed by atoms with Crippen LogP contribution in [0.1, 0.15) is 50.2 Å². The van der Waals surface area contributed by atoms with E-state index in [4.69, 9.17) is 0 Å². The molecule has 2 rings (SSSR count). The zero-order valence-corrected chi connectivity index (χ0v) is 13.8. The van der Waals surface area contributed by atoms with Crippen LogP contribution in [-0.2, 0) is 17.4 Å². The van der Waals surface area contributed by atoms with Gasteiger partial charge in [-0.15, -0.1) is 0 Å². The zero-order valence-electron chi connectivity index (χ0n) is 13.8. The van der Waals surface area contributed by atoms with Crippen molar-refractivity contribution in [1.29, 1.82) is 0 Å². The van der Waals surface area contributed by atoms with Crippen LogP contribution in [0.4, 0.5) is 13.2 Å². The van der Waals surface area contributed by atoms with E-state index in [0.717, 1.165) is 30.5 Å². The lowest BCUT2D eigenvalue weighted by atomic mass is 9.91. The molecule has 6 heteroatoms. The van der Waals surface area contributed by atoms with Gasteiger partial charge in [-0.1, -0.05) is 19.1 Å². The molecule has 3 nitrogen and oxygen atoms in total. The Kier molecular flexibility index (Phi) is 6.27. The van der Waals surface area contributed by atoms with Crippen LogP contribution < -0.4 is 5.32 Å². The van der Waals surface area contributed by atoms with Crippen molar-refractivity contribution in [2.24, 2.45) is 5.92 Å². The fourth-order valence-electron chi connectivity index (χ4n) is 3.08. The minimum absolute atomic E-state index is 0.0567. The Morgan fingerprint density at radius 1 is 1.21 bits per heavy atom. The fraction of sp³-hybridized carbons (Fsp3) is 0.611. The number of halogens is 3. The number of aliphatic hydroxyl groups is 1. The van der Waals surface area contributed by atoms with E-state index in [1.807, 2.05) is 6.92 Å². The summed E-state index contributed by atoms with van der Waals surface area (Å²) in [6.07, 6.45) is -0.634. The third kappa shape index (κ3) is 5.23. The number of amides is 1. The van der Waals surface area contributed by atoms with E-state index >= 15 is 0 Å². The summed E-state index contributed by atoms with van der Waals surface area (Å²) >= 11 is 0. The van der Waals surface area contributed by atoms with Gasteiger partial charge in [-0.2, -0.15) is 13.2 Å². The van der Waals surface area contributed by atoms with Gasteiger partial charge in [0.1, 0.15) is 0 Å². The average molecular weight is 343 g/mol. The molecule has 1 amide bonds. The van der Waals surface area contributed by atoms with Crippen molar-refractivity contribution in [3.63, 3.8) is 0 Å². The van der Waals surface area contributed by atoms with Crippen molar-refractivity contribution in [2.45, 2.75) is 63.8 Å². The highest BCUT2D eigenvalue weighted by Crippen LogP contribution is 2.29. The van der Waals surface area contributed by atoms with Gasteiger partial charge in [0.2, 0.25) is 5.91 Å². The molecule has 24 heavy (non-hydrogen) atoms. The largest absolute Gasteiger partial charge is 0.416 e. The molecule has 1 aromatic carbocycles. The van der Waals surface area contributed by atoms with Crippen molar-refractivity contribution in [1.82, 2.24) is 5.32 Å². The Hall–Kier alpha value is -1.56. The van der Waals surface area contributed by atoms with Crippen LogP contribution in [0, 0.1) is 5.92 Å². The number of benzene rings is 1. The van der Waals surface area contributed by atoms with Crippen molar-refractivity contribution < 1.29 is 23.1 Å². The maximum absolute atomic E-state index is 12.6. The van der Waals surface area contributed by atoms with Crippen molar-refractivity contribution >= 4 is 5.91 Å². The Balaban J connectivity index is 1.92. The monoisotopic (exact) mass is 343 g/mol. The van der Waals surface area contributed by atoms with E-state index in [9.17, 15) is 23.1 Å². The maximum atomic E-state index is 12.6. The maximum Gasteiger partial charge on any atom is 0.416 e. The minimum atomic E-state index is -4.34.